The van der Waals surface area contributed by atoms with Crippen LogP contribution >= 0.6 is 22.9 Å². The lowest BCUT2D eigenvalue weighted by atomic mass is 10.1. The van der Waals surface area contributed by atoms with Crippen LogP contribution < -0.4 is 20.7 Å². The number of hydrogen-bond donors (Lipinski definition) is 3. The number of piperidine rings is 1. The molecular formula is C22H22ClFN6OS. The molecule has 2 aliphatic rings. The molecule has 4 heterocycles. The van der Waals surface area contributed by atoms with Crippen LogP contribution in [-0.2, 0) is 6.54 Å². The number of nitrogens with one attached hydrogen (secondary N) is 3. The van der Waals surface area contributed by atoms with E-state index >= 15 is 0 Å². The van der Waals surface area contributed by atoms with Crippen LogP contribution in [0.4, 0.5) is 15.2 Å². The fourth-order valence-corrected chi connectivity index (χ4v) is 4.67. The minimum Gasteiger partial charge on any atom is -0.486 e. The van der Waals surface area contributed by atoms with Gasteiger partial charge in [0.2, 0.25) is 0 Å². The standard InChI is InChI=1S/C22H22ClFN6OS/c23-16-9-15(1-2-17(16)24)31-11-19-27-10-13-3-8-26-21(20(13)30-19)18-12-32-22(29-18)28-14-4-6-25-7-5-14/h1-3,8-9,12,14,25H,4-7,10-11H2,(H,27,30)(H,28,29). The second-order valence-electron chi connectivity index (χ2n) is 7.65. The van der Waals surface area contributed by atoms with Gasteiger partial charge < -0.3 is 20.7 Å². The molecule has 2 aliphatic heterocycles. The number of nitrogens with zero attached hydrogens (tertiary/aromatic N) is 3. The van der Waals surface area contributed by atoms with Gasteiger partial charge in [0.05, 0.1) is 17.3 Å². The first-order valence-electron chi connectivity index (χ1n) is 10.4. The molecule has 0 bridgehead atoms. The summed E-state index contributed by atoms with van der Waals surface area (Å²) in [6, 6.07) is 6.67. The molecule has 0 aliphatic carbocycles. The maximum absolute atomic E-state index is 13.4. The molecule has 10 heteroatoms. The predicted octanol–water partition coefficient (Wildman–Crippen LogP) is 4.56. The molecule has 0 radical (unpaired) electrons. The molecule has 0 unspecified atom stereocenters. The Morgan fingerprint density at radius 2 is 2.12 bits per heavy atom. The molecule has 1 saturated heterocycles. The van der Waals surface area contributed by atoms with Crippen LogP contribution in [0, 0.1) is 5.82 Å². The van der Waals surface area contributed by atoms with E-state index in [1.807, 2.05) is 11.4 Å². The summed E-state index contributed by atoms with van der Waals surface area (Å²) >= 11 is 7.42. The van der Waals surface area contributed by atoms with Crippen molar-refractivity contribution in [3.05, 3.63) is 52.2 Å². The smallest absolute Gasteiger partial charge is 0.183 e. The highest BCUT2D eigenvalue weighted by molar-refractivity contribution is 7.14. The van der Waals surface area contributed by atoms with Gasteiger partial charge in [-0.25, -0.2) is 9.37 Å². The number of amidine groups is 1. The zero-order valence-electron chi connectivity index (χ0n) is 17.2. The second-order valence-corrected chi connectivity index (χ2v) is 8.92. The van der Waals surface area contributed by atoms with Crippen molar-refractivity contribution in [1.29, 1.82) is 0 Å². The lowest BCUT2D eigenvalue weighted by Gasteiger charge is -2.23. The topological polar surface area (TPSA) is 83.5 Å². The van der Waals surface area contributed by atoms with Crippen molar-refractivity contribution in [2.24, 2.45) is 4.99 Å². The summed E-state index contributed by atoms with van der Waals surface area (Å²) < 4.78 is 19.1. The van der Waals surface area contributed by atoms with Crippen molar-refractivity contribution >= 4 is 39.6 Å². The maximum Gasteiger partial charge on any atom is 0.183 e. The zero-order valence-corrected chi connectivity index (χ0v) is 18.8. The average molecular weight is 473 g/mol. The Labute approximate surface area is 194 Å². The number of halogens is 2. The monoisotopic (exact) mass is 472 g/mol. The number of fused-ring (bicyclic) bond motifs is 1. The third-order valence-electron chi connectivity index (χ3n) is 5.43. The molecule has 3 aromatic rings. The number of aliphatic imine (C=N–C) groups is 1. The van der Waals surface area contributed by atoms with Gasteiger partial charge in [0, 0.05) is 29.2 Å². The summed E-state index contributed by atoms with van der Waals surface area (Å²) in [5.41, 5.74) is 3.54. The first-order valence-corrected chi connectivity index (χ1v) is 11.7. The van der Waals surface area contributed by atoms with Crippen molar-refractivity contribution in [2.75, 3.05) is 30.3 Å². The Bertz CT molecular complexity index is 1150. The van der Waals surface area contributed by atoms with Crippen molar-refractivity contribution in [2.45, 2.75) is 25.4 Å². The largest absolute Gasteiger partial charge is 0.486 e. The quantitative estimate of drug-likeness (QED) is 0.487. The number of thiazole rings is 1. The molecular weight excluding hydrogens is 451 g/mol. The lowest BCUT2D eigenvalue weighted by molar-refractivity contribution is 0.375. The molecule has 32 heavy (non-hydrogen) atoms. The fourth-order valence-electron chi connectivity index (χ4n) is 3.72. The Balaban J connectivity index is 1.29. The minimum atomic E-state index is -0.478. The van der Waals surface area contributed by atoms with Gasteiger partial charge in [0.1, 0.15) is 35.4 Å². The Hall–Kier alpha value is -2.75. The second kappa shape index (κ2) is 9.40. The molecule has 5 rings (SSSR count). The summed E-state index contributed by atoms with van der Waals surface area (Å²) in [7, 11) is 0. The fraction of sp³-hybridized carbons (Fsp3) is 0.318. The van der Waals surface area contributed by atoms with E-state index in [4.69, 9.17) is 21.3 Å². The van der Waals surface area contributed by atoms with E-state index in [1.165, 1.54) is 18.2 Å². The summed E-state index contributed by atoms with van der Waals surface area (Å²) in [6.45, 7) is 2.78. The molecule has 3 N–H and O–H groups in total. The van der Waals surface area contributed by atoms with Crippen molar-refractivity contribution in [1.82, 2.24) is 15.3 Å². The first kappa shape index (κ1) is 21.1. The highest BCUT2D eigenvalue weighted by atomic mass is 35.5. The van der Waals surface area contributed by atoms with E-state index in [2.05, 4.69) is 25.9 Å². The molecule has 1 aromatic carbocycles. The van der Waals surface area contributed by atoms with Gasteiger partial charge in [-0.15, -0.1) is 11.3 Å². The van der Waals surface area contributed by atoms with Crippen LogP contribution in [0.15, 0.2) is 40.8 Å². The van der Waals surface area contributed by atoms with Gasteiger partial charge >= 0.3 is 0 Å². The van der Waals surface area contributed by atoms with Crippen molar-refractivity contribution < 1.29 is 9.13 Å². The number of benzene rings is 1. The number of ether oxygens (including phenoxy) is 1. The Kier molecular flexibility index (Phi) is 6.20. The summed E-state index contributed by atoms with van der Waals surface area (Å²) in [5.74, 6) is 0.663. The number of hydrogen-bond acceptors (Lipinski definition) is 8. The van der Waals surface area contributed by atoms with Gasteiger partial charge in [0.25, 0.3) is 0 Å². The van der Waals surface area contributed by atoms with Crippen LogP contribution in [0.2, 0.25) is 5.02 Å². The molecule has 0 amide bonds. The van der Waals surface area contributed by atoms with Crippen LogP contribution in [-0.4, -0.2) is 41.5 Å². The molecule has 0 spiro atoms. The number of pyridine rings is 1. The zero-order chi connectivity index (χ0) is 21.9. The highest BCUT2D eigenvalue weighted by Gasteiger charge is 2.20. The van der Waals surface area contributed by atoms with Crippen LogP contribution in [0.1, 0.15) is 18.4 Å². The third-order valence-corrected chi connectivity index (χ3v) is 6.49. The number of aromatic nitrogens is 2. The third kappa shape index (κ3) is 4.69. The van der Waals surface area contributed by atoms with E-state index in [9.17, 15) is 4.39 Å². The lowest BCUT2D eigenvalue weighted by Crippen LogP contribution is -2.35. The van der Waals surface area contributed by atoms with Crippen LogP contribution in [0.25, 0.3) is 11.4 Å². The van der Waals surface area contributed by atoms with E-state index in [0.717, 1.165) is 53.7 Å². The Morgan fingerprint density at radius 1 is 1.25 bits per heavy atom. The summed E-state index contributed by atoms with van der Waals surface area (Å²) in [5, 5.41) is 13.2. The predicted molar refractivity (Wildman–Crippen MR) is 127 cm³/mol. The summed E-state index contributed by atoms with van der Waals surface area (Å²) in [4.78, 5) is 13.9. The van der Waals surface area contributed by atoms with Gasteiger partial charge in [0.15, 0.2) is 5.13 Å². The number of anilines is 2. The molecule has 2 aromatic heterocycles. The van der Waals surface area contributed by atoms with Crippen LogP contribution in [0.5, 0.6) is 5.75 Å². The molecule has 7 nitrogen and oxygen atoms in total. The molecule has 1 fully saturated rings. The van der Waals surface area contributed by atoms with Gasteiger partial charge in [-0.05, 0) is 44.1 Å². The van der Waals surface area contributed by atoms with E-state index < -0.39 is 5.82 Å². The molecule has 0 atom stereocenters. The average Bonchev–Trinajstić information content (AvgIpc) is 3.28. The summed E-state index contributed by atoms with van der Waals surface area (Å²) in [6.07, 6.45) is 3.97. The highest BCUT2D eigenvalue weighted by Crippen LogP contribution is 2.33. The number of rotatable bonds is 6. The van der Waals surface area contributed by atoms with Gasteiger partial charge in [-0.2, -0.15) is 0 Å². The van der Waals surface area contributed by atoms with Crippen LogP contribution in [0.3, 0.4) is 0 Å². The van der Waals surface area contributed by atoms with E-state index in [1.54, 1.807) is 17.5 Å². The van der Waals surface area contributed by atoms with E-state index in [0.29, 0.717) is 24.2 Å². The van der Waals surface area contributed by atoms with E-state index in [-0.39, 0.29) is 11.6 Å². The maximum atomic E-state index is 13.4. The van der Waals surface area contributed by atoms with Gasteiger partial charge in [-0.3, -0.25) is 9.98 Å². The normalized spacial score (nSPS) is 16.1. The first-order chi connectivity index (χ1) is 15.7. The SMILES string of the molecule is Fc1ccc(OCC2=NCc3ccnc(-c4csc(NC5CCNCC5)n4)c3N2)cc1Cl. The molecule has 0 saturated carbocycles. The van der Waals surface area contributed by atoms with Crippen molar-refractivity contribution in [3.8, 4) is 17.1 Å². The minimum absolute atomic E-state index is 0.0234. The van der Waals surface area contributed by atoms with Gasteiger partial charge in [-0.1, -0.05) is 11.6 Å². The molecule has 166 valence electrons. The van der Waals surface area contributed by atoms with Crippen molar-refractivity contribution in [3.63, 3.8) is 0 Å². The Morgan fingerprint density at radius 3 is 2.97 bits per heavy atom.